The number of aliphatic hydroxyl groups is 1. The Kier molecular flexibility index (Phi) is 4.10. The lowest BCUT2D eigenvalue weighted by atomic mass is 9.79. The summed E-state index contributed by atoms with van der Waals surface area (Å²) in [5.74, 6) is 0.871. The van der Waals surface area contributed by atoms with Crippen LogP contribution in [0.25, 0.3) is 0 Å². The molecule has 4 heteroatoms. The minimum atomic E-state index is -1.21. The van der Waals surface area contributed by atoms with E-state index in [1.807, 2.05) is 0 Å². The van der Waals surface area contributed by atoms with Gasteiger partial charge in [-0.15, -0.1) is 0 Å². The summed E-state index contributed by atoms with van der Waals surface area (Å²) in [6, 6.07) is 5.00. The van der Waals surface area contributed by atoms with Crippen LogP contribution >= 0.6 is 0 Å². The van der Waals surface area contributed by atoms with Gasteiger partial charge < -0.3 is 14.6 Å². The molecule has 0 aliphatic heterocycles. The van der Waals surface area contributed by atoms with Gasteiger partial charge in [0.05, 0.1) is 14.2 Å². The average molecular weight is 264 g/mol. The van der Waals surface area contributed by atoms with Crippen LogP contribution < -0.4 is 9.47 Å². The van der Waals surface area contributed by atoms with E-state index in [4.69, 9.17) is 9.47 Å². The van der Waals surface area contributed by atoms with Crippen molar-refractivity contribution in [2.45, 2.75) is 37.7 Å². The van der Waals surface area contributed by atoms with Crippen LogP contribution in [-0.4, -0.2) is 30.7 Å². The molecule has 1 aromatic carbocycles. The molecule has 1 saturated carbocycles. The van der Waals surface area contributed by atoms with Gasteiger partial charge in [-0.05, 0) is 31.0 Å². The number of rotatable bonds is 4. The molecule has 0 atom stereocenters. The van der Waals surface area contributed by atoms with Crippen molar-refractivity contribution >= 4 is 5.78 Å². The second kappa shape index (κ2) is 5.61. The maximum atomic E-state index is 12.4. The fourth-order valence-electron chi connectivity index (χ4n) is 2.61. The van der Waals surface area contributed by atoms with Crippen molar-refractivity contribution in [2.24, 2.45) is 0 Å². The van der Waals surface area contributed by atoms with Crippen LogP contribution in [0.3, 0.4) is 0 Å². The highest BCUT2D eigenvalue weighted by atomic mass is 16.5. The van der Waals surface area contributed by atoms with Crippen molar-refractivity contribution < 1.29 is 19.4 Å². The summed E-state index contributed by atoms with van der Waals surface area (Å²) >= 11 is 0. The molecule has 1 aliphatic carbocycles. The van der Waals surface area contributed by atoms with E-state index in [0.717, 1.165) is 19.3 Å². The second-order valence-corrected chi connectivity index (χ2v) is 4.99. The van der Waals surface area contributed by atoms with E-state index < -0.39 is 5.60 Å². The van der Waals surface area contributed by atoms with Gasteiger partial charge in [-0.1, -0.05) is 19.3 Å². The normalized spacial score (nSPS) is 17.8. The summed E-state index contributed by atoms with van der Waals surface area (Å²) in [5, 5.41) is 10.5. The Bertz CT molecular complexity index is 461. The fourth-order valence-corrected chi connectivity index (χ4v) is 2.61. The molecular formula is C15H20O4. The minimum Gasteiger partial charge on any atom is -0.493 e. The van der Waals surface area contributed by atoms with Crippen LogP contribution in [-0.2, 0) is 0 Å². The van der Waals surface area contributed by atoms with Gasteiger partial charge in [0.15, 0.2) is 17.3 Å². The number of carbonyl (C=O) groups is 1. The van der Waals surface area contributed by atoms with Crippen LogP contribution in [0.4, 0.5) is 0 Å². The molecule has 0 unspecified atom stereocenters. The number of hydrogen-bond acceptors (Lipinski definition) is 4. The standard InChI is InChI=1S/C15H20O4/c1-18-12-7-6-11(10-13(12)19-2)14(16)15(17)8-4-3-5-9-15/h6-7,10,17H,3-5,8-9H2,1-2H3. The summed E-state index contributed by atoms with van der Waals surface area (Å²) in [5.41, 5.74) is -0.736. The number of ether oxygens (including phenoxy) is 2. The minimum absolute atomic E-state index is 0.215. The van der Waals surface area contributed by atoms with Gasteiger partial charge in [-0.25, -0.2) is 0 Å². The van der Waals surface area contributed by atoms with Gasteiger partial charge in [-0.2, -0.15) is 0 Å². The number of carbonyl (C=O) groups excluding carboxylic acids is 1. The highest BCUT2D eigenvalue weighted by Gasteiger charge is 2.37. The molecular weight excluding hydrogens is 244 g/mol. The lowest BCUT2D eigenvalue weighted by molar-refractivity contribution is 0.0116. The largest absolute Gasteiger partial charge is 0.493 e. The lowest BCUT2D eigenvalue weighted by Crippen LogP contribution is -2.40. The average Bonchev–Trinajstić information content (AvgIpc) is 2.46. The number of benzene rings is 1. The molecule has 0 spiro atoms. The van der Waals surface area contributed by atoms with Gasteiger partial charge in [-0.3, -0.25) is 4.79 Å². The van der Waals surface area contributed by atoms with Crippen molar-refractivity contribution in [1.82, 2.24) is 0 Å². The maximum absolute atomic E-state index is 12.4. The quantitative estimate of drug-likeness (QED) is 0.849. The van der Waals surface area contributed by atoms with E-state index in [0.29, 0.717) is 29.9 Å². The zero-order chi connectivity index (χ0) is 13.9. The molecule has 2 rings (SSSR count). The molecule has 0 aromatic heterocycles. The molecule has 104 valence electrons. The monoisotopic (exact) mass is 264 g/mol. The zero-order valence-electron chi connectivity index (χ0n) is 11.4. The number of Topliss-reactive ketones (excluding diaryl/α,β-unsaturated/α-hetero) is 1. The smallest absolute Gasteiger partial charge is 0.194 e. The Hall–Kier alpha value is -1.55. The predicted octanol–water partition coefficient (Wildman–Crippen LogP) is 2.58. The third kappa shape index (κ3) is 2.73. The van der Waals surface area contributed by atoms with Gasteiger partial charge in [0.2, 0.25) is 0 Å². The van der Waals surface area contributed by atoms with Crippen LogP contribution in [0.1, 0.15) is 42.5 Å². The van der Waals surface area contributed by atoms with Crippen molar-refractivity contribution in [3.63, 3.8) is 0 Å². The second-order valence-electron chi connectivity index (χ2n) is 4.99. The summed E-state index contributed by atoms with van der Waals surface area (Å²) in [7, 11) is 3.08. The van der Waals surface area contributed by atoms with Crippen molar-refractivity contribution in [3.8, 4) is 11.5 Å². The van der Waals surface area contributed by atoms with Crippen LogP contribution in [0.2, 0.25) is 0 Å². The Morgan fingerprint density at radius 2 is 1.74 bits per heavy atom. The maximum Gasteiger partial charge on any atom is 0.194 e. The number of hydrogen-bond donors (Lipinski definition) is 1. The molecule has 1 aliphatic rings. The van der Waals surface area contributed by atoms with Gasteiger partial charge in [0, 0.05) is 5.56 Å². The molecule has 0 saturated heterocycles. The van der Waals surface area contributed by atoms with E-state index in [9.17, 15) is 9.90 Å². The molecule has 0 heterocycles. The first-order chi connectivity index (χ1) is 9.10. The van der Waals surface area contributed by atoms with E-state index in [-0.39, 0.29) is 5.78 Å². The summed E-state index contributed by atoms with van der Waals surface area (Å²) < 4.78 is 10.3. The first kappa shape index (κ1) is 13.9. The SMILES string of the molecule is COc1ccc(C(=O)C2(O)CCCCC2)cc1OC. The first-order valence-corrected chi connectivity index (χ1v) is 6.60. The topological polar surface area (TPSA) is 55.8 Å². The van der Waals surface area contributed by atoms with Crippen molar-refractivity contribution in [2.75, 3.05) is 14.2 Å². The lowest BCUT2D eigenvalue weighted by Gasteiger charge is -2.30. The molecule has 1 aromatic rings. The van der Waals surface area contributed by atoms with Crippen molar-refractivity contribution in [1.29, 1.82) is 0 Å². The molecule has 4 nitrogen and oxygen atoms in total. The molecule has 19 heavy (non-hydrogen) atoms. The van der Waals surface area contributed by atoms with Crippen molar-refractivity contribution in [3.05, 3.63) is 23.8 Å². The van der Waals surface area contributed by atoms with E-state index in [1.165, 1.54) is 7.11 Å². The molecule has 1 fully saturated rings. The van der Waals surface area contributed by atoms with Crippen LogP contribution in [0, 0.1) is 0 Å². The third-order valence-corrected chi connectivity index (χ3v) is 3.75. The zero-order valence-corrected chi connectivity index (χ0v) is 11.4. The summed E-state index contributed by atoms with van der Waals surface area (Å²) in [4.78, 5) is 12.4. The van der Waals surface area contributed by atoms with E-state index >= 15 is 0 Å². The Labute approximate surface area is 113 Å². The molecule has 1 N–H and O–H groups in total. The molecule has 0 radical (unpaired) electrons. The summed E-state index contributed by atoms with van der Waals surface area (Å²) in [6.45, 7) is 0. The highest BCUT2D eigenvalue weighted by molar-refractivity contribution is 6.02. The van der Waals surface area contributed by atoms with E-state index in [2.05, 4.69) is 0 Å². The number of methoxy groups -OCH3 is 2. The molecule has 0 bridgehead atoms. The Balaban J connectivity index is 2.28. The van der Waals surface area contributed by atoms with Gasteiger partial charge in [0.1, 0.15) is 5.60 Å². The number of ketones is 1. The van der Waals surface area contributed by atoms with E-state index in [1.54, 1.807) is 25.3 Å². The Morgan fingerprint density at radius 3 is 2.32 bits per heavy atom. The van der Waals surface area contributed by atoms with Crippen LogP contribution in [0.15, 0.2) is 18.2 Å². The highest BCUT2D eigenvalue weighted by Crippen LogP contribution is 2.34. The Morgan fingerprint density at radius 1 is 1.11 bits per heavy atom. The third-order valence-electron chi connectivity index (χ3n) is 3.75. The van der Waals surface area contributed by atoms with Crippen LogP contribution in [0.5, 0.6) is 11.5 Å². The first-order valence-electron chi connectivity index (χ1n) is 6.60. The van der Waals surface area contributed by atoms with Gasteiger partial charge >= 0.3 is 0 Å². The predicted molar refractivity (Wildman–Crippen MR) is 71.9 cm³/mol. The van der Waals surface area contributed by atoms with Gasteiger partial charge in [0.25, 0.3) is 0 Å². The summed E-state index contributed by atoms with van der Waals surface area (Å²) in [6.07, 6.45) is 3.97. The molecule has 0 amide bonds. The fraction of sp³-hybridized carbons (Fsp3) is 0.533.